The second-order valence-electron chi connectivity index (χ2n) is 4.13. The first-order chi connectivity index (χ1) is 8.11. The molecule has 3 heteroatoms. The number of aryl methyl sites for hydroxylation is 1. The van der Waals surface area contributed by atoms with Gasteiger partial charge in [-0.05, 0) is 23.3 Å². The third kappa shape index (κ3) is 2.16. The number of nitrogens with zero attached hydrogens (tertiary/aromatic N) is 3. The average Bonchev–Trinajstić information content (AvgIpc) is 2.70. The second kappa shape index (κ2) is 4.34. The fourth-order valence-corrected chi connectivity index (χ4v) is 1.81. The largest absolute Gasteiger partial charge is 0.331 e. The van der Waals surface area contributed by atoms with Gasteiger partial charge in [0.2, 0.25) is 0 Å². The summed E-state index contributed by atoms with van der Waals surface area (Å²) in [5, 5.41) is 5.34. The topological polar surface area (TPSA) is 21.1 Å². The standard InChI is InChI=1S/C14H15N3/c1-5-16(3)10-11(2)12-6-7-14-13(8-12)9-15-17(14)4/h1,6-9H,2,10H2,3-4H3. The van der Waals surface area contributed by atoms with Crippen molar-refractivity contribution in [3.63, 3.8) is 0 Å². The predicted octanol–water partition coefficient (Wildman–Crippen LogP) is 2.11. The van der Waals surface area contributed by atoms with Crippen LogP contribution in [0.5, 0.6) is 0 Å². The predicted molar refractivity (Wildman–Crippen MR) is 71.2 cm³/mol. The number of likely N-dealkylation sites (N-methyl/N-ethyl adjacent to an activating group) is 1. The van der Waals surface area contributed by atoms with Gasteiger partial charge in [-0.1, -0.05) is 19.1 Å². The van der Waals surface area contributed by atoms with Crippen molar-refractivity contribution in [1.29, 1.82) is 0 Å². The molecule has 1 aromatic carbocycles. The van der Waals surface area contributed by atoms with Crippen LogP contribution in [0.3, 0.4) is 0 Å². The number of hydrogen-bond donors (Lipinski definition) is 0. The Balaban J connectivity index is 2.31. The summed E-state index contributed by atoms with van der Waals surface area (Å²) in [5.41, 5.74) is 3.23. The Bertz CT molecular complexity index is 601. The molecule has 0 spiro atoms. The van der Waals surface area contributed by atoms with E-state index in [9.17, 15) is 0 Å². The molecular weight excluding hydrogens is 210 g/mol. The van der Waals surface area contributed by atoms with Crippen LogP contribution in [0.15, 0.2) is 31.0 Å². The summed E-state index contributed by atoms with van der Waals surface area (Å²) >= 11 is 0. The highest BCUT2D eigenvalue weighted by Gasteiger charge is 2.04. The normalized spacial score (nSPS) is 10.2. The van der Waals surface area contributed by atoms with Gasteiger partial charge in [0.05, 0.1) is 18.3 Å². The van der Waals surface area contributed by atoms with Crippen molar-refractivity contribution >= 4 is 16.5 Å². The second-order valence-corrected chi connectivity index (χ2v) is 4.13. The molecule has 0 saturated carbocycles. The molecule has 0 N–H and O–H groups in total. The van der Waals surface area contributed by atoms with Crippen LogP contribution in [0.25, 0.3) is 16.5 Å². The van der Waals surface area contributed by atoms with Crippen LogP contribution in [0.4, 0.5) is 0 Å². The highest BCUT2D eigenvalue weighted by atomic mass is 15.2. The van der Waals surface area contributed by atoms with Crippen LogP contribution in [0.2, 0.25) is 0 Å². The van der Waals surface area contributed by atoms with Gasteiger partial charge < -0.3 is 4.90 Å². The molecule has 17 heavy (non-hydrogen) atoms. The van der Waals surface area contributed by atoms with Crippen LogP contribution in [-0.2, 0) is 7.05 Å². The first-order valence-corrected chi connectivity index (χ1v) is 5.39. The summed E-state index contributed by atoms with van der Waals surface area (Å²) in [5.74, 6) is 0. The van der Waals surface area contributed by atoms with E-state index in [1.165, 1.54) is 0 Å². The smallest absolute Gasteiger partial charge is 0.0679 e. The van der Waals surface area contributed by atoms with E-state index in [1.54, 1.807) is 4.90 Å². The quantitative estimate of drug-likeness (QED) is 0.589. The van der Waals surface area contributed by atoms with Crippen molar-refractivity contribution in [3.05, 3.63) is 36.5 Å². The Morgan fingerprint density at radius 3 is 3.06 bits per heavy atom. The molecule has 0 aliphatic rings. The van der Waals surface area contributed by atoms with E-state index in [0.29, 0.717) is 6.54 Å². The van der Waals surface area contributed by atoms with E-state index in [1.807, 2.05) is 25.0 Å². The Morgan fingerprint density at radius 1 is 1.59 bits per heavy atom. The summed E-state index contributed by atoms with van der Waals surface area (Å²) in [7, 11) is 3.80. The Labute approximate surface area is 101 Å². The third-order valence-electron chi connectivity index (χ3n) is 2.80. The molecule has 0 atom stereocenters. The average molecular weight is 225 g/mol. The summed E-state index contributed by atoms with van der Waals surface area (Å²) in [6, 6.07) is 8.76. The molecule has 1 heterocycles. The van der Waals surface area contributed by atoms with Gasteiger partial charge in [-0.2, -0.15) is 5.10 Å². The lowest BCUT2D eigenvalue weighted by atomic mass is 10.1. The Kier molecular flexibility index (Phi) is 2.88. The highest BCUT2D eigenvalue weighted by Crippen LogP contribution is 2.20. The SMILES string of the molecule is C#CN(C)CC(=C)c1ccc2c(cnn2C)c1. The van der Waals surface area contributed by atoms with E-state index < -0.39 is 0 Å². The maximum absolute atomic E-state index is 5.31. The molecule has 1 aromatic heterocycles. The molecule has 0 aliphatic carbocycles. The lowest BCUT2D eigenvalue weighted by Gasteiger charge is -2.13. The zero-order valence-corrected chi connectivity index (χ0v) is 10.1. The molecule has 2 aromatic rings. The first kappa shape index (κ1) is 11.3. The van der Waals surface area contributed by atoms with Gasteiger partial charge in [-0.25, -0.2) is 0 Å². The number of aromatic nitrogens is 2. The monoisotopic (exact) mass is 225 g/mol. The number of terminal acetylenes is 1. The van der Waals surface area contributed by atoms with Crippen molar-refractivity contribution in [2.24, 2.45) is 7.05 Å². The van der Waals surface area contributed by atoms with E-state index >= 15 is 0 Å². The van der Waals surface area contributed by atoms with E-state index in [-0.39, 0.29) is 0 Å². The molecule has 0 aliphatic heterocycles. The minimum absolute atomic E-state index is 0.669. The Morgan fingerprint density at radius 2 is 2.35 bits per heavy atom. The van der Waals surface area contributed by atoms with E-state index in [4.69, 9.17) is 6.42 Å². The van der Waals surface area contributed by atoms with Gasteiger partial charge in [0.25, 0.3) is 0 Å². The molecule has 0 amide bonds. The molecule has 0 bridgehead atoms. The summed E-state index contributed by atoms with van der Waals surface area (Å²) in [4.78, 5) is 1.77. The Hall–Kier alpha value is -2.21. The fourth-order valence-electron chi connectivity index (χ4n) is 1.81. The minimum atomic E-state index is 0.669. The molecule has 0 radical (unpaired) electrons. The molecule has 3 nitrogen and oxygen atoms in total. The van der Waals surface area contributed by atoms with E-state index in [0.717, 1.165) is 22.0 Å². The van der Waals surface area contributed by atoms with Crippen LogP contribution >= 0.6 is 0 Å². The van der Waals surface area contributed by atoms with Crippen molar-refractivity contribution in [3.8, 4) is 12.5 Å². The third-order valence-corrected chi connectivity index (χ3v) is 2.80. The zero-order chi connectivity index (χ0) is 12.4. The van der Waals surface area contributed by atoms with Crippen LogP contribution in [0.1, 0.15) is 5.56 Å². The van der Waals surface area contributed by atoms with Crippen LogP contribution < -0.4 is 0 Å². The van der Waals surface area contributed by atoms with Crippen LogP contribution in [-0.4, -0.2) is 28.3 Å². The molecule has 0 unspecified atom stereocenters. The summed E-state index contributed by atoms with van der Waals surface area (Å²) in [6.45, 7) is 4.73. The van der Waals surface area contributed by atoms with Crippen molar-refractivity contribution in [2.45, 2.75) is 0 Å². The molecule has 0 fully saturated rings. The van der Waals surface area contributed by atoms with E-state index in [2.05, 4.69) is 35.9 Å². The number of rotatable bonds is 3. The van der Waals surface area contributed by atoms with Crippen molar-refractivity contribution in [1.82, 2.24) is 14.7 Å². The van der Waals surface area contributed by atoms with Gasteiger partial charge in [0.1, 0.15) is 0 Å². The maximum Gasteiger partial charge on any atom is 0.0679 e. The van der Waals surface area contributed by atoms with Gasteiger partial charge in [0, 0.05) is 25.5 Å². The van der Waals surface area contributed by atoms with Gasteiger partial charge in [0.15, 0.2) is 0 Å². The number of benzene rings is 1. The lowest BCUT2D eigenvalue weighted by Crippen LogP contribution is -2.13. The lowest BCUT2D eigenvalue weighted by molar-refractivity contribution is 0.549. The first-order valence-electron chi connectivity index (χ1n) is 5.39. The minimum Gasteiger partial charge on any atom is -0.331 e. The maximum atomic E-state index is 5.31. The van der Waals surface area contributed by atoms with Gasteiger partial charge >= 0.3 is 0 Å². The van der Waals surface area contributed by atoms with Crippen LogP contribution in [0, 0.1) is 12.5 Å². The van der Waals surface area contributed by atoms with Gasteiger partial charge in [-0.15, -0.1) is 0 Å². The highest BCUT2D eigenvalue weighted by molar-refractivity contribution is 5.83. The number of hydrogen-bond acceptors (Lipinski definition) is 2. The molecule has 86 valence electrons. The van der Waals surface area contributed by atoms with Crippen molar-refractivity contribution < 1.29 is 0 Å². The molecule has 2 rings (SSSR count). The zero-order valence-electron chi connectivity index (χ0n) is 10.1. The molecular formula is C14H15N3. The fraction of sp³-hybridized carbons (Fsp3) is 0.214. The molecule has 0 saturated heterocycles. The van der Waals surface area contributed by atoms with Crippen molar-refractivity contribution in [2.75, 3.05) is 13.6 Å². The summed E-state index contributed by atoms with van der Waals surface area (Å²) in [6.07, 6.45) is 7.17. The number of fused-ring (bicyclic) bond motifs is 1. The van der Waals surface area contributed by atoms with Gasteiger partial charge in [-0.3, -0.25) is 4.68 Å². The summed E-state index contributed by atoms with van der Waals surface area (Å²) < 4.78 is 1.86.